The molecule has 0 aliphatic heterocycles. The standard InChI is InChI=1S/C19H23BrN2O/c1-4-22(16-7-5-6-14(2)12-16)11-10-19(23)21-18-9-8-15(3)13-17(18)20/h5-9,12-13H,4,10-11H2,1-3H3,(H,21,23). The normalized spacial score (nSPS) is 10.4. The summed E-state index contributed by atoms with van der Waals surface area (Å²) in [5.74, 6) is 0.0284. The number of carbonyl (C=O) groups excluding carboxylic acids is 1. The third kappa shape index (κ3) is 5.10. The molecule has 1 N–H and O–H groups in total. The minimum Gasteiger partial charge on any atom is -0.371 e. The number of aryl methyl sites for hydroxylation is 2. The summed E-state index contributed by atoms with van der Waals surface area (Å²) in [6, 6.07) is 14.3. The van der Waals surface area contributed by atoms with Crippen LogP contribution in [0.4, 0.5) is 11.4 Å². The first-order valence-corrected chi connectivity index (χ1v) is 8.66. The third-order valence-electron chi connectivity index (χ3n) is 3.76. The Morgan fingerprint density at radius 2 is 1.87 bits per heavy atom. The van der Waals surface area contributed by atoms with Crippen LogP contribution in [0, 0.1) is 13.8 Å². The molecule has 0 bridgehead atoms. The first-order valence-electron chi connectivity index (χ1n) is 7.87. The summed E-state index contributed by atoms with van der Waals surface area (Å²) in [5, 5.41) is 2.97. The molecule has 0 aliphatic rings. The van der Waals surface area contributed by atoms with Gasteiger partial charge in [0.15, 0.2) is 0 Å². The number of hydrogen-bond donors (Lipinski definition) is 1. The summed E-state index contributed by atoms with van der Waals surface area (Å²) in [5.41, 5.74) is 4.37. The molecule has 0 aromatic heterocycles. The highest BCUT2D eigenvalue weighted by atomic mass is 79.9. The molecule has 2 aromatic carbocycles. The highest BCUT2D eigenvalue weighted by Gasteiger charge is 2.09. The second-order valence-corrected chi connectivity index (χ2v) is 6.55. The molecule has 4 heteroatoms. The molecule has 0 saturated carbocycles. The highest BCUT2D eigenvalue weighted by Crippen LogP contribution is 2.23. The predicted octanol–water partition coefficient (Wildman–Crippen LogP) is 4.92. The second kappa shape index (κ2) is 8.16. The quantitative estimate of drug-likeness (QED) is 0.777. The number of nitrogens with one attached hydrogen (secondary N) is 1. The van der Waals surface area contributed by atoms with Gasteiger partial charge in [-0.25, -0.2) is 0 Å². The van der Waals surface area contributed by atoms with Crippen LogP contribution in [-0.4, -0.2) is 19.0 Å². The van der Waals surface area contributed by atoms with Crippen LogP contribution in [0.2, 0.25) is 0 Å². The molecular formula is C19H23BrN2O. The van der Waals surface area contributed by atoms with Crippen molar-refractivity contribution >= 4 is 33.2 Å². The molecule has 1 amide bonds. The van der Waals surface area contributed by atoms with Gasteiger partial charge in [-0.15, -0.1) is 0 Å². The Kier molecular flexibility index (Phi) is 6.22. The minimum absolute atomic E-state index is 0.0284. The molecule has 0 spiro atoms. The lowest BCUT2D eigenvalue weighted by Crippen LogP contribution is -2.27. The number of anilines is 2. The molecule has 0 heterocycles. The molecule has 0 fully saturated rings. The Balaban J connectivity index is 1.94. The molecule has 0 unspecified atom stereocenters. The van der Waals surface area contributed by atoms with Crippen molar-refractivity contribution in [3.05, 3.63) is 58.1 Å². The summed E-state index contributed by atoms with van der Waals surface area (Å²) < 4.78 is 0.914. The number of benzene rings is 2. The Hall–Kier alpha value is -1.81. The van der Waals surface area contributed by atoms with Gasteiger partial charge in [0.1, 0.15) is 0 Å². The van der Waals surface area contributed by atoms with Crippen LogP contribution in [0.1, 0.15) is 24.5 Å². The summed E-state index contributed by atoms with van der Waals surface area (Å²) in [4.78, 5) is 14.4. The van der Waals surface area contributed by atoms with Gasteiger partial charge in [0.2, 0.25) is 5.91 Å². The van der Waals surface area contributed by atoms with E-state index < -0.39 is 0 Å². The van der Waals surface area contributed by atoms with Crippen LogP contribution in [0.5, 0.6) is 0 Å². The Labute approximate surface area is 146 Å². The van der Waals surface area contributed by atoms with E-state index in [0.717, 1.165) is 28.0 Å². The van der Waals surface area contributed by atoms with Crippen molar-refractivity contribution < 1.29 is 4.79 Å². The zero-order valence-corrected chi connectivity index (χ0v) is 15.5. The average Bonchev–Trinajstić information content (AvgIpc) is 2.51. The van der Waals surface area contributed by atoms with E-state index in [9.17, 15) is 4.79 Å². The van der Waals surface area contributed by atoms with E-state index in [1.807, 2.05) is 25.1 Å². The lowest BCUT2D eigenvalue weighted by Gasteiger charge is -2.23. The van der Waals surface area contributed by atoms with Gasteiger partial charge in [0.25, 0.3) is 0 Å². The summed E-state index contributed by atoms with van der Waals surface area (Å²) in [7, 11) is 0. The van der Waals surface area contributed by atoms with Gasteiger partial charge >= 0.3 is 0 Å². The number of halogens is 1. The van der Waals surface area contributed by atoms with E-state index in [0.29, 0.717) is 13.0 Å². The van der Waals surface area contributed by atoms with Gasteiger partial charge in [0.05, 0.1) is 5.69 Å². The van der Waals surface area contributed by atoms with Crippen molar-refractivity contribution in [2.24, 2.45) is 0 Å². The van der Waals surface area contributed by atoms with Gasteiger partial charge in [-0.3, -0.25) is 4.79 Å². The van der Waals surface area contributed by atoms with Crippen LogP contribution in [0.25, 0.3) is 0 Å². The number of rotatable bonds is 6. The first-order chi connectivity index (χ1) is 11.0. The fraction of sp³-hybridized carbons (Fsp3) is 0.316. The van der Waals surface area contributed by atoms with Crippen LogP contribution >= 0.6 is 15.9 Å². The van der Waals surface area contributed by atoms with E-state index in [1.54, 1.807) is 0 Å². The number of amides is 1. The highest BCUT2D eigenvalue weighted by molar-refractivity contribution is 9.10. The van der Waals surface area contributed by atoms with Crippen molar-refractivity contribution in [2.45, 2.75) is 27.2 Å². The molecule has 0 aliphatic carbocycles. The van der Waals surface area contributed by atoms with Crippen LogP contribution in [0.3, 0.4) is 0 Å². The monoisotopic (exact) mass is 374 g/mol. The third-order valence-corrected chi connectivity index (χ3v) is 4.41. The van der Waals surface area contributed by atoms with Crippen molar-refractivity contribution in [2.75, 3.05) is 23.3 Å². The molecule has 23 heavy (non-hydrogen) atoms. The van der Waals surface area contributed by atoms with E-state index in [-0.39, 0.29) is 5.91 Å². The zero-order valence-electron chi connectivity index (χ0n) is 13.9. The zero-order chi connectivity index (χ0) is 16.8. The Morgan fingerprint density at radius 1 is 1.13 bits per heavy atom. The second-order valence-electron chi connectivity index (χ2n) is 5.70. The van der Waals surface area contributed by atoms with Gasteiger partial charge in [-0.1, -0.05) is 18.2 Å². The maximum Gasteiger partial charge on any atom is 0.226 e. The van der Waals surface area contributed by atoms with Gasteiger partial charge in [0, 0.05) is 29.7 Å². The maximum atomic E-state index is 12.2. The van der Waals surface area contributed by atoms with E-state index in [1.165, 1.54) is 5.56 Å². The topological polar surface area (TPSA) is 32.3 Å². The van der Waals surface area contributed by atoms with E-state index in [4.69, 9.17) is 0 Å². The Morgan fingerprint density at radius 3 is 2.52 bits per heavy atom. The van der Waals surface area contributed by atoms with Gasteiger partial charge in [-0.05, 0) is 72.1 Å². The van der Waals surface area contributed by atoms with Crippen LogP contribution in [0.15, 0.2) is 46.9 Å². The van der Waals surface area contributed by atoms with E-state index in [2.05, 4.69) is 64.3 Å². The molecule has 0 atom stereocenters. The molecule has 0 saturated heterocycles. The molecule has 122 valence electrons. The lowest BCUT2D eigenvalue weighted by atomic mass is 10.2. The molecule has 3 nitrogen and oxygen atoms in total. The summed E-state index contributed by atoms with van der Waals surface area (Å²) >= 11 is 3.49. The van der Waals surface area contributed by atoms with Crippen molar-refractivity contribution in [1.82, 2.24) is 0 Å². The molecule has 0 radical (unpaired) electrons. The molecular weight excluding hydrogens is 352 g/mol. The number of nitrogens with zero attached hydrogens (tertiary/aromatic N) is 1. The SMILES string of the molecule is CCN(CCC(=O)Nc1ccc(C)cc1Br)c1cccc(C)c1. The largest absolute Gasteiger partial charge is 0.371 e. The van der Waals surface area contributed by atoms with Crippen molar-refractivity contribution in [3.8, 4) is 0 Å². The molecule has 2 aromatic rings. The van der Waals surface area contributed by atoms with Crippen LogP contribution in [-0.2, 0) is 4.79 Å². The van der Waals surface area contributed by atoms with Crippen LogP contribution < -0.4 is 10.2 Å². The number of carbonyl (C=O) groups is 1. The van der Waals surface area contributed by atoms with Crippen molar-refractivity contribution in [1.29, 1.82) is 0 Å². The molecule has 2 rings (SSSR count). The van der Waals surface area contributed by atoms with Crippen molar-refractivity contribution in [3.63, 3.8) is 0 Å². The summed E-state index contributed by atoms with van der Waals surface area (Å²) in [6.45, 7) is 7.80. The fourth-order valence-corrected chi connectivity index (χ4v) is 3.06. The Bertz CT molecular complexity index is 685. The fourth-order valence-electron chi connectivity index (χ4n) is 2.47. The van der Waals surface area contributed by atoms with Gasteiger partial charge < -0.3 is 10.2 Å². The lowest BCUT2D eigenvalue weighted by molar-refractivity contribution is -0.116. The average molecular weight is 375 g/mol. The number of hydrogen-bond acceptors (Lipinski definition) is 2. The first kappa shape index (κ1) is 17.5. The maximum absolute atomic E-state index is 12.2. The smallest absolute Gasteiger partial charge is 0.226 e. The van der Waals surface area contributed by atoms with Gasteiger partial charge in [-0.2, -0.15) is 0 Å². The predicted molar refractivity (Wildman–Crippen MR) is 101 cm³/mol. The summed E-state index contributed by atoms with van der Waals surface area (Å²) in [6.07, 6.45) is 0.460. The van der Waals surface area contributed by atoms with E-state index >= 15 is 0 Å². The minimum atomic E-state index is 0.0284.